The Morgan fingerprint density at radius 1 is 1.06 bits per heavy atom. The minimum Gasteiger partial charge on any atom is -0.320 e. The minimum absolute atomic E-state index is 0.00697. The fourth-order valence-corrected chi connectivity index (χ4v) is 3.36. The highest BCUT2D eigenvalue weighted by molar-refractivity contribution is 6.05. The lowest BCUT2D eigenvalue weighted by Gasteiger charge is -2.14. The van der Waals surface area contributed by atoms with Gasteiger partial charge in [0, 0.05) is 12.4 Å². The smallest absolute Gasteiger partial charge is 0.320 e. The Labute approximate surface area is 187 Å². The van der Waals surface area contributed by atoms with Gasteiger partial charge >= 0.3 is 6.18 Å². The van der Waals surface area contributed by atoms with Gasteiger partial charge in [0.2, 0.25) is 0 Å². The lowest BCUT2D eigenvalue weighted by atomic mass is 10.2. The molecule has 0 unspecified atom stereocenters. The van der Waals surface area contributed by atoms with E-state index in [1.54, 1.807) is 6.07 Å². The summed E-state index contributed by atoms with van der Waals surface area (Å²) in [4.78, 5) is 22.0. The second-order valence-electron chi connectivity index (χ2n) is 6.84. The molecule has 0 saturated carbocycles. The number of carbonyl (C=O) groups is 1. The average Bonchev–Trinajstić information content (AvgIpc) is 3.58. The molecule has 14 heteroatoms. The monoisotopic (exact) mass is 464 g/mol. The van der Waals surface area contributed by atoms with Crippen molar-refractivity contribution >= 4 is 17.2 Å². The minimum atomic E-state index is -4.91. The first-order valence-electron chi connectivity index (χ1n) is 9.52. The predicted molar refractivity (Wildman–Crippen MR) is 109 cm³/mol. The second kappa shape index (κ2) is 7.81. The lowest BCUT2D eigenvalue weighted by molar-refractivity contribution is -0.143. The number of amides is 1. The molecule has 0 aromatic carbocycles. The molecule has 0 bridgehead atoms. The molecule has 0 atom stereocenters. The van der Waals surface area contributed by atoms with Crippen LogP contribution in [0.15, 0.2) is 61.4 Å². The Morgan fingerprint density at radius 3 is 2.59 bits per heavy atom. The van der Waals surface area contributed by atoms with Gasteiger partial charge < -0.3 is 5.32 Å². The first kappa shape index (κ1) is 20.8. The summed E-state index contributed by atoms with van der Waals surface area (Å²) in [6.45, 7) is 0. The number of nitriles is 1. The summed E-state index contributed by atoms with van der Waals surface area (Å²) in [7, 11) is 0. The average molecular weight is 464 g/mol. The van der Waals surface area contributed by atoms with Gasteiger partial charge in [0.05, 0.1) is 36.0 Å². The molecule has 0 spiro atoms. The number of imidazole rings is 1. The number of aromatic nitrogens is 8. The Hall–Kier alpha value is -5.06. The number of nitrogens with zero attached hydrogens (tertiary/aromatic N) is 9. The molecule has 5 rings (SSSR count). The third-order valence-corrected chi connectivity index (χ3v) is 4.76. The molecule has 0 radical (unpaired) electrons. The van der Waals surface area contributed by atoms with Crippen molar-refractivity contribution in [3.05, 3.63) is 78.3 Å². The lowest BCUT2D eigenvalue weighted by Crippen LogP contribution is -2.21. The zero-order valence-electron chi connectivity index (χ0n) is 16.8. The maximum atomic E-state index is 14.0. The summed E-state index contributed by atoms with van der Waals surface area (Å²) in [5.74, 6) is -0.930. The van der Waals surface area contributed by atoms with Crippen LogP contribution in [0.2, 0.25) is 0 Å². The van der Waals surface area contributed by atoms with Crippen molar-refractivity contribution in [1.29, 1.82) is 5.26 Å². The molecule has 1 amide bonds. The second-order valence-corrected chi connectivity index (χ2v) is 6.84. The van der Waals surface area contributed by atoms with Gasteiger partial charge in [-0.1, -0.05) is 6.07 Å². The molecule has 5 aromatic rings. The van der Waals surface area contributed by atoms with Crippen LogP contribution < -0.4 is 5.32 Å². The van der Waals surface area contributed by atoms with Crippen LogP contribution in [0.25, 0.3) is 17.3 Å². The quantitative estimate of drug-likeness (QED) is 0.432. The number of hydrogen-bond acceptors (Lipinski definition) is 7. The van der Waals surface area contributed by atoms with Crippen LogP contribution in [0, 0.1) is 11.3 Å². The van der Waals surface area contributed by atoms with Crippen molar-refractivity contribution < 1.29 is 18.0 Å². The van der Waals surface area contributed by atoms with E-state index >= 15 is 0 Å². The Bertz CT molecular complexity index is 1560. The fourth-order valence-electron chi connectivity index (χ4n) is 3.36. The van der Waals surface area contributed by atoms with Crippen LogP contribution >= 0.6 is 0 Å². The van der Waals surface area contributed by atoms with E-state index < -0.39 is 23.3 Å². The highest BCUT2D eigenvalue weighted by Gasteiger charge is 2.41. The van der Waals surface area contributed by atoms with Crippen molar-refractivity contribution in [3.8, 4) is 17.7 Å². The number of carbonyl (C=O) groups excluding carboxylic acids is 1. The number of rotatable bonds is 4. The number of halogens is 3. The zero-order chi connectivity index (χ0) is 23.9. The van der Waals surface area contributed by atoms with Gasteiger partial charge in [-0.15, -0.1) is 4.80 Å². The molecule has 0 aliphatic carbocycles. The van der Waals surface area contributed by atoms with E-state index in [1.807, 2.05) is 6.07 Å². The van der Waals surface area contributed by atoms with E-state index in [-0.39, 0.29) is 22.9 Å². The van der Waals surface area contributed by atoms with Crippen LogP contribution in [0.3, 0.4) is 0 Å². The number of anilines is 1. The summed E-state index contributed by atoms with van der Waals surface area (Å²) in [5, 5.41) is 23.3. The third-order valence-electron chi connectivity index (χ3n) is 4.76. The molecule has 1 N–H and O–H groups in total. The highest BCUT2D eigenvalue weighted by atomic mass is 19.4. The Balaban J connectivity index is 1.53. The van der Waals surface area contributed by atoms with Crippen LogP contribution in [-0.4, -0.2) is 45.1 Å². The van der Waals surface area contributed by atoms with Crippen LogP contribution in [0.1, 0.15) is 21.6 Å². The summed E-state index contributed by atoms with van der Waals surface area (Å²) >= 11 is 0. The molecular formula is C20H11F3N10O. The molecule has 11 nitrogen and oxygen atoms in total. The summed E-state index contributed by atoms with van der Waals surface area (Å²) in [5.41, 5.74) is -1.55. The van der Waals surface area contributed by atoms with Crippen LogP contribution in [0.5, 0.6) is 0 Å². The van der Waals surface area contributed by atoms with Gasteiger partial charge in [-0.25, -0.2) is 14.6 Å². The number of fused-ring (bicyclic) bond motifs is 1. The number of nitrogens with one attached hydrogen (secondary N) is 1. The molecule has 0 aliphatic heterocycles. The van der Waals surface area contributed by atoms with Gasteiger partial charge in [-0.05, 0) is 18.2 Å². The summed E-state index contributed by atoms with van der Waals surface area (Å²) in [6, 6.07) is 7.72. The van der Waals surface area contributed by atoms with E-state index in [0.717, 1.165) is 11.0 Å². The van der Waals surface area contributed by atoms with Gasteiger partial charge in [0.25, 0.3) is 5.91 Å². The van der Waals surface area contributed by atoms with E-state index in [1.165, 1.54) is 53.6 Å². The van der Waals surface area contributed by atoms with E-state index in [9.17, 15) is 23.2 Å². The zero-order valence-corrected chi connectivity index (χ0v) is 16.8. The topological polar surface area (TPSA) is 132 Å². The Morgan fingerprint density at radius 2 is 1.85 bits per heavy atom. The van der Waals surface area contributed by atoms with Gasteiger partial charge in [0.15, 0.2) is 11.5 Å². The molecule has 0 aliphatic rings. The Kier molecular flexibility index (Phi) is 4.79. The fraction of sp³-hybridized carbons (Fsp3) is 0.0500. The molecule has 34 heavy (non-hydrogen) atoms. The number of hydrogen-bond donors (Lipinski definition) is 1. The van der Waals surface area contributed by atoms with Crippen molar-refractivity contribution in [1.82, 2.24) is 39.1 Å². The van der Waals surface area contributed by atoms with Crippen molar-refractivity contribution in [3.63, 3.8) is 0 Å². The van der Waals surface area contributed by atoms with Crippen molar-refractivity contribution in [2.75, 3.05) is 5.32 Å². The molecule has 168 valence electrons. The van der Waals surface area contributed by atoms with Crippen molar-refractivity contribution in [2.24, 2.45) is 0 Å². The maximum absolute atomic E-state index is 14.0. The largest absolute Gasteiger partial charge is 0.434 e. The van der Waals surface area contributed by atoms with Gasteiger partial charge in [-0.3, -0.25) is 9.20 Å². The van der Waals surface area contributed by atoms with Crippen LogP contribution in [-0.2, 0) is 6.18 Å². The van der Waals surface area contributed by atoms with Gasteiger partial charge in [-0.2, -0.15) is 33.7 Å². The third kappa shape index (κ3) is 3.50. The summed E-state index contributed by atoms with van der Waals surface area (Å²) in [6.07, 6.45) is 2.80. The first-order valence-corrected chi connectivity index (χ1v) is 9.52. The first-order chi connectivity index (χ1) is 16.4. The summed E-state index contributed by atoms with van der Waals surface area (Å²) < 4.78 is 44.2. The highest BCUT2D eigenvalue weighted by Crippen LogP contribution is 2.34. The SMILES string of the molecule is N#Cc1cc(NC(=O)c2cnn(-c3cccc4nccn34)c2C(F)(F)F)cnc1-n1nccn1. The van der Waals surface area contributed by atoms with E-state index in [0.29, 0.717) is 10.3 Å². The molecule has 5 heterocycles. The van der Waals surface area contributed by atoms with Crippen LogP contribution in [0.4, 0.5) is 18.9 Å². The van der Waals surface area contributed by atoms with Crippen molar-refractivity contribution in [2.45, 2.75) is 6.18 Å². The normalized spacial score (nSPS) is 11.5. The van der Waals surface area contributed by atoms with Gasteiger partial charge in [0.1, 0.15) is 23.1 Å². The van der Waals surface area contributed by atoms with E-state index in [2.05, 4.69) is 30.6 Å². The molecule has 0 saturated heterocycles. The predicted octanol–water partition coefficient (Wildman–Crippen LogP) is 2.64. The molecular weight excluding hydrogens is 453 g/mol. The maximum Gasteiger partial charge on any atom is 0.434 e. The number of alkyl halides is 3. The molecule has 0 fully saturated rings. The standard InChI is InChI=1S/C20H11F3N10O/c21-20(22,23)17-14(11-29-32(17)16-3-1-2-15-25-6-7-31(15)16)19(34)30-13-8-12(9-24)18(26-10-13)33-27-4-5-28-33/h1-8,10-11H,(H,30,34). The number of pyridine rings is 2. The van der Waals surface area contributed by atoms with E-state index in [4.69, 9.17) is 0 Å². The molecule has 5 aromatic heterocycles.